The topological polar surface area (TPSA) is 18.5 Å². The first-order valence-electron chi connectivity index (χ1n) is 9.46. The fourth-order valence-corrected chi connectivity index (χ4v) is 5.39. The van der Waals surface area contributed by atoms with Crippen molar-refractivity contribution < 1.29 is 8.85 Å². The van der Waals surface area contributed by atoms with E-state index in [0.29, 0.717) is 0 Å². The molecule has 3 heteroatoms. The fourth-order valence-electron chi connectivity index (χ4n) is 2.91. The third-order valence-electron chi connectivity index (χ3n) is 4.13. The second-order valence-electron chi connectivity index (χ2n) is 6.29. The summed E-state index contributed by atoms with van der Waals surface area (Å²) < 4.78 is 11.8. The van der Waals surface area contributed by atoms with Crippen LogP contribution in [0.3, 0.4) is 0 Å². The quantitative estimate of drug-likeness (QED) is 0.241. The Bertz CT molecular complexity index is 203. The molecule has 0 rings (SSSR count). The molecule has 0 unspecified atom stereocenters. The van der Waals surface area contributed by atoms with E-state index in [0.717, 1.165) is 19.3 Å². The van der Waals surface area contributed by atoms with Crippen molar-refractivity contribution in [1.29, 1.82) is 0 Å². The van der Waals surface area contributed by atoms with E-state index in [1.54, 1.807) is 0 Å². The van der Waals surface area contributed by atoms with Gasteiger partial charge in [-0.05, 0) is 26.4 Å². The van der Waals surface area contributed by atoms with Crippen LogP contribution in [0.25, 0.3) is 0 Å². The lowest BCUT2D eigenvalue weighted by Gasteiger charge is -2.25. The van der Waals surface area contributed by atoms with E-state index in [-0.39, 0.29) is 0 Å². The molecule has 0 spiro atoms. The maximum Gasteiger partial charge on any atom is 0.334 e. The molecule has 0 aliphatic rings. The van der Waals surface area contributed by atoms with Crippen LogP contribution in [-0.2, 0) is 8.85 Å². The van der Waals surface area contributed by atoms with Gasteiger partial charge in [0.25, 0.3) is 0 Å². The third-order valence-corrected chi connectivity index (χ3v) is 7.19. The molecule has 0 aliphatic heterocycles. The monoisotopic (exact) mass is 316 g/mol. The van der Waals surface area contributed by atoms with Crippen LogP contribution in [0, 0.1) is 0 Å². The predicted octanol–water partition coefficient (Wildman–Crippen LogP) is 6.44. The summed E-state index contributed by atoms with van der Waals surface area (Å²) in [6, 6.07) is 1.16. The van der Waals surface area contributed by atoms with Gasteiger partial charge in [0.15, 0.2) is 0 Å². The summed E-state index contributed by atoms with van der Waals surface area (Å²) in [4.78, 5) is 0. The zero-order valence-corrected chi connectivity index (χ0v) is 16.2. The summed E-state index contributed by atoms with van der Waals surface area (Å²) in [6.45, 7) is 10.2. The number of hydrogen-bond acceptors (Lipinski definition) is 2. The van der Waals surface area contributed by atoms with Gasteiger partial charge in [0.05, 0.1) is 0 Å². The van der Waals surface area contributed by atoms with Gasteiger partial charge in [-0.25, -0.2) is 0 Å². The zero-order valence-electron chi connectivity index (χ0n) is 15.2. The first kappa shape index (κ1) is 21.1. The molecule has 0 amide bonds. The summed E-state index contributed by atoms with van der Waals surface area (Å²) in [7, 11) is -1.84. The van der Waals surface area contributed by atoms with Crippen molar-refractivity contribution >= 4 is 8.56 Å². The average molecular weight is 317 g/mol. The summed E-state index contributed by atoms with van der Waals surface area (Å²) in [6.07, 6.45) is 15.4. The molecule has 0 aromatic rings. The highest BCUT2D eigenvalue weighted by Crippen LogP contribution is 2.19. The van der Waals surface area contributed by atoms with Crippen LogP contribution >= 0.6 is 0 Å². The lowest BCUT2D eigenvalue weighted by molar-refractivity contribution is 0.188. The molecule has 0 aromatic heterocycles. The molecule has 2 nitrogen and oxygen atoms in total. The van der Waals surface area contributed by atoms with Crippen LogP contribution in [0.5, 0.6) is 0 Å². The van der Waals surface area contributed by atoms with Gasteiger partial charge in [0, 0.05) is 13.2 Å². The summed E-state index contributed by atoms with van der Waals surface area (Å²) in [5.74, 6) is 0. The smallest absolute Gasteiger partial charge is 0.334 e. The highest BCUT2D eigenvalue weighted by molar-refractivity contribution is 6.66. The maximum atomic E-state index is 5.88. The van der Waals surface area contributed by atoms with Crippen LogP contribution in [0.4, 0.5) is 0 Å². The van der Waals surface area contributed by atoms with E-state index >= 15 is 0 Å². The van der Waals surface area contributed by atoms with Gasteiger partial charge in [-0.2, -0.15) is 0 Å². The zero-order chi connectivity index (χ0) is 15.8. The minimum absolute atomic E-state index is 0.792. The Kier molecular flexibility index (Phi) is 15.1. The highest BCUT2D eigenvalue weighted by Gasteiger charge is 2.29. The van der Waals surface area contributed by atoms with Crippen molar-refractivity contribution in [2.45, 2.75) is 104 Å². The van der Waals surface area contributed by atoms with E-state index in [4.69, 9.17) is 8.85 Å². The third kappa shape index (κ3) is 13.5. The van der Waals surface area contributed by atoms with Crippen molar-refractivity contribution in [3.63, 3.8) is 0 Å². The second kappa shape index (κ2) is 15.0. The van der Waals surface area contributed by atoms with Crippen molar-refractivity contribution in [2.75, 3.05) is 13.2 Å². The normalized spacial score (nSPS) is 12.0. The molecule has 0 radical (unpaired) electrons. The molecule has 0 saturated carbocycles. The van der Waals surface area contributed by atoms with Crippen molar-refractivity contribution in [1.82, 2.24) is 0 Å². The average Bonchev–Trinajstić information content (AvgIpc) is 2.45. The van der Waals surface area contributed by atoms with E-state index in [1.165, 1.54) is 70.6 Å². The minimum Gasteiger partial charge on any atom is -0.395 e. The molecule has 21 heavy (non-hydrogen) atoms. The summed E-state index contributed by atoms with van der Waals surface area (Å²) >= 11 is 0. The van der Waals surface area contributed by atoms with Crippen LogP contribution in [0.2, 0.25) is 12.6 Å². The molecular formula is C18H40O2Si. The molecule has 0 atom stereocenters. The predicted molar refractivity (Wildman–Crippen MR) is 96.1 cm³/mol. The van der Waals surface area contributed by atoms with Crippen molar-refractivity contribution in [2.24, 2.45) is 0 Å². The van der Waals surface area contributed by atoms with Gasteiger partial charge >= 0.3 is 8.56 Å². The molecule has 128 valence electrons. The lowest BCUT2D eigenvalue weighted by atomic mass is 10.1. The SMILES string of the molecule is CCCCCCCCCCCCC[Si](C)(OCC)OCC. The van der Waals surface area contributed by atoms with Crippen molar-refractivity contribution in [3.8, 4) is 0 Å². The molecule has 0 fully saturated rings. The standard InChI is InChI=1S/C18H40O2Si/c1-5-8-9-10-11-12-13-14-15-16-17-18-21(4,19-6-2)20-7-3/h5-18H2,1-4H3. The van der Waals surface area contributed by atoms with Crippen LogP contribution in [-0.4, -0.2) is 21.8 Å². The van der Waals surface area contributed by atoms with Gasteiger partial charge in [-0.3, -0.25) is 0 Å². The lowest BCUT2D eigenvalue weighted by Crippen LogP contribution is -2.38. The number of hydrogen-bond donors (Lipinski definition) is 0. The Morgan fingerprint density at radius 3 is 1.33 bits per heavy atom. The summed E-state index contributed by atoms with van der Waals surface area (Å²) in [5, 5.41) is 0. The molecule has 0 aromatic carbocycles. The Balaban J connectivity index is 3.37. The van der Waals surface area contributed by atoms with Gasteiger partial charge in [0.2, 0.25) is 0 Å². The van der Waals surface area contributed by atoms with E-state index in [1.807, 2.05) is 0 Å². The largest absolute Gasteiger partial charge is 0.395 e. The minimum atomic E-state index is -1.84. The van der Waals surface area contributed by atoms with Gasteiger partial charge in [-0.15, -0.1) is 0 Å². The Labute approximate surface area is 135 Å². The molecule has 0 heterocycles. The second-order valence-corrected chi connectivity index (χ2v) is 9.63. The van der Waals surface area contributed by atoms with E-state index in [9.17, 15) is 0 Å². The molecule has 0 saturated heterocycles. The molecule has 0 bridgehead atoms. The Morgan fingerprint density at radius 1 is 0.571 bits per heavy atom. The van der Waals surface area contributed by atoms with Crippen LogP contribution < -0.4 is 0 Å². The van der Waals surface area contributed by atoms with Gasteiger partial charge in [-0.1, -0.05) is 77.6 Å². The van der Waals surface area contributed by atoms with Gasteiger partial charge < -0.3 is 8.85 Å². The first-order chi connectivity index (χ1) is 10.2. The molecule has 0 N–H and O–H groups in total. The fraction of sp³-hybridized carbons (Fsp3) is 1.00. The number of unbranched alkanes of at least 4 members (excludes halogenated alkanes) is 10. The summed E-state index contributed by atoms with van der Waals surface area (Å²) in [5.41, 5.74) is 0. The van der Waals surface area contributed by atoms with Crippen molar-refractivity contribution in [3.05, 3.63) is 0 Å². The van der Waals surface area contributed by atoms with Crippen LogP contribution in [0.1, 0.15) is 91.4 Å². The molecule has 0 aliphatic carbocycles. The maximum absolute atomic E-state index is 5.88. The Morgan fingerprint density at radius 2 is 0.952 bits per heavy atom. The molecular weight excluding hydrogens is 276 g/mol. The van der Waals surface area contributed by atoms with E-state index < -0.39 is 8.56 Å². The highest BCUT2D eigenvalue weighted by atomic mass is 28.4. The number of rotatable bonds is 16. The van der Waals surface area contributed by atoms with Crippen LogP contribution in [0.15, 0.2) is 0 Å². The van der Waals surface area contributed by atoms with E-state index in [2.05, 4.69) is 27.3 Å². The Hall–Kier alpha value is 0.137. The van der Waals surface area contributed by atoms with Gasteiger partial charge in [0.1, 0.15) is 0 Å². The first-order valence-corrected chi connectivity index (χ1v) is 12.0.